The van der Waals surface area contributed by atoms with Crippen LogP contribution < -0.4 is 0 Å². The average molecular weight is 529 g/mol. The van der Waals surface area contributed by atoms with Crippen molar-refractivity contribution < 1.29 is 32.5 Å². The van der Waals surface area contributed by atoms with Gasteiger partial charge in [-0.2, -0.15) is 0 Å². The van der Waals surface area contributed by atoms with Gasteiger partial charge in [0.25, 0.3) is 0 Å². The second-order valence-corrected chi connectivity index (χ2v) is 11.3. The molecule has 0 bridgehead atoms. The van der Waals surface area contributed by atoms with E-state index >= 15 is 0 Å². The Bertz CT molecular complexity index is 709. The third-order valence-corrected chi connectivity index (χ3v) is 6.15. The van der Waals surface area contributed by atoms with E-state index in [-0.39, 0.29) is 19.2 Å². The van der Waals surface area contributed by atoms with Crippen molar-refractivity contribution in [3.05, 3.63) is 48.8 Å². The molecule has 0 aromatic rings. The fourth-order valence-electron chi connectivity index (χ4n) is 3.00. The van der Waals surface area contributed by atoms with Crippen LogP contribution >= 0.6 is 7.82 Å². The van der Waals surface area contributed by atoms with E-state index < -0.39 is 7.82 Å². The van der Waals surface area contributed by atoms with E-state index in [2.05, 4.69) is 43.4 Å². The number of phosphoric ester groups is 1. The highest BCUT2D eigenvalue weighted by Crippen LogP contribution is 2.42. The van der Waals surface area contributed by atoms with E-state index in [1.165, 1.54) is 38.0 Å². The molecule has 0 spiro atoms. The summed E-state index contributed by atoms with van der Waals surface area (Å²) in [5, 5.41) is 0. The minimum atomic E-state index is -4.10. The van der Waals surface area contributed by atoms with Crippen LogP contribution in [0.15, 0.2) is 48.8 Å². The molecule has 0 heterocycles. The largest absolute Gasteiger partial charge is 0.472 e. The van der Waals surface area contributed by atoms with E-state index in [0.29, 0.717) is 17.4 Å². The Kier molecular flexibility index (Phi) is 21.7. The zero-order valence-electron chi connectivity index (χ0n) is 23.1. The molecule has 0 rings (SSSR count). The van der Waals surface area contributed by atoms with Crippen molar-refractivity contribution in [1.82, 2.24) is 0 Å². The van der Waals surface area contributed by atoms with Gasteiger partial charge in [0, 0.05) is 6.42 Å². The van der Waals surface area contributed by atoms with Gasteiger partial charge < -0.3 is 14.1 Å². The molecule has 1 unspecified atom stereocenters. The lowest BCUT2D eigenvalue weighted by Gasteiger charge is -2.23. The first-order valence-electron chi connectivity index (χ1n) is 13.4. The number of hydrogen-bond donors (Lipinski definition) is 1. The third-order valence-electron chi connectivity index (χ3n) is 5.17. The molecule has 0 aliphatic rings. The molecule has 0 aromatic heterocycles. The minimum absolute atomic E-state index is 0.112. The van der Waals surface area contributed by atoms with Crippen LogP contribution in [0.25, 0.3) is 0 Å². The molecule has 0 radical (unpaired) electrons. The quantitative estimate of drug-likeness (QED) is 0.0376. The van der Waals surface area contributed by atoms with Gasteiger partial charge in [-0.3, -0.25) is 13.8 Å². The van der Waals surface area contributed by atoms with Gasteiger partial charge in [0.05, 0.1) is 34.0 Å². The average Bonchev–Trinajstić information content (AvgIpc) is 2.79. The predicted octanol–water partition coefficient (Wildman–Crippen LogP) is 7.25. The van der Waals surface area contributed by atoms with E-state index in [9.17, 15) is 14.3 Å². The molecule has 7 nitrogen and oxygen atoms in total. The van der Waals surface area contributed by atoms with Crippen molar-refractivity contribution in [2.75, 3.05) is 40.9 Å². The molecule has 8 heteroatoms. The monoisotopic (exact) mass is 528 g/mol. The summed E-state index contributed by atoms with van der Waals surface area (Å²) in [5.74, 6) is -0.319. The molecule has 1 atom stereocenters. The SMILES string of the molecule is CCCCC/C=C/C/C=C/C/C=C/CCCCCCC(=O)O/C=C/COP(=O)(O)OCC[N+](C)(C)C. The second kappa shape index (κ2) is 22.7. The smallest absolute Gasteiger partial charge is 0.435 e. The maximum atomic E-state index is 11.7. The number of hydrogen-bond acceptors (Lipinski definition) is 5. The Balaban J connectivity index is 3.62. The summed E-state index contributed by atoms with van der Waals surface area (Å²) in [7, 11) is 1.77. The van der Waals surface area contributed by atoms with Gasteiger partial charge in [-0.1, -0.05) is 69.1 Å². The van der Waals surface area contributed by atoms with E-state index in [1.807, 2.05) is 21.1 Å². The summed E-state index contributed by atoms with van der Waals surface area (Å²) < 4.78 is 27.0. The highest BCUT2D eigenvalue weighted by molar-refractivity contribution is 7.47. The maximum absolute atomic E-state index is 11.7. The zero-order chi connectivity index (χ0) is 27.0. The number of allylic oxidation sites excluding steroid dienone is 6. The molecule has 0 amide bonds. The molecule has 0 saturated heterocycles. The summed E-state index contributed by atoms with van der Waals surface area (Å²) in [6.07, 6.45) is 28.4. The fourth-order valence-corrected chi connectivity index (χ4v) is 3.66. The van der Waals surface area contributed by atoms with Gasteiger partial charge in [-0.15, -0.1) is 0 Å². The van der Waals surface area contributed by atoms with Crippen molar-refractivity contribution in [3.63, 3.8) is 0 Å². The number of nitrogens with zero attached hydrogens (tertiary/aromatic N) is 1. The first-order chi connectivity index (χ1) is 17.2. The van der Waals surface area contributed by atoms with Gasteiger partial charge in [0.1, 0.15) is 13.2 Å². The van der Waals surface area contributed by atoms with Crippen LogP contribution in [0.5, 0.6) is 0 Å². The normalized spacial score (nSPS) is 14.5. The molecular weight excluding hydrogens is 477 g/mol. The van der Waals surface area contributed by atoms with Crippen LogP contribution in [0.1, 0.15) is 84.0 Å². The topological polar surface area (TPSA) is 82.1 Å². The van der Waals surface area contributed by atoms with Crippen molar-refractivity contribution >= 4 is 13.8 Å². The Morgan fingerprint density at radius 2 is 1.39 bits per heavy atom. The van der Waals surface area contributed by atoms with Crippen molar-refractivity contribution in [1.29, 1.82) is 0 Å². The van der Waals surface area contributed by atoms with E-state index in [1.54, 1.807) is 0 Å². The van der Waals surface area contributed by atoms with Crippen molar-refractivity contribution in [3.8, 4) is 0 Å². The van der Waals surface area contributed by atoms with Gasteiger partial charge in [0.2, 0.25) is 0 Å². The van der Waals surface area contributed by atoms with Gasteiger partial charge in [0.15, 0.2) is 0 Å². The molecule has 0 aliphatic heterocycles. The molecule has 1 N–H and O–H groups in total. The van der Waals surface area contributed by atoms with Crippen LogP contribution in [-0.4, -0.2) is 56.2 Å². The predicted molar refractivity (Wildman–Crippen MR) is 148 cm³/mol. The van der Waals surface area contributed by atoms with Crippen LogP contribution in [-0.2, 0) is 23.1 Å². The Morgan fingerprint density at radius 3 is 2.00 bits per heavy atom. The lowest BCUT2D eigenvalue weighted by Crippen LogP contribution is -2.37. The number of unbranched alkanes of at least 4 members (excludes halogenated alkanes) is 7. The van der Waals surface area contributed by atoms with E-state index in [0.717, 1.165) is 44.9 Å². The zero-order valence-corrected chi connectivity index (χ0v) is 24.0. The number of likely N-dealkylation sites (N-methyl/N-ethyl adjacent to an activating group) is 1. The Morgan fingerprint density at radius 1 is 0.806 bits per heavy atom. The molecule has 0 aliphatic carbocycles. The summed E-state index contributed by atoms with van der Waals surface area (Å²) in [5.41, 5.74) is 0. The van der Waals surface area contributed by atoms with Crippen LogP contribution in [0, 0.1) is 0 Å². The minimum Gasteiger partial charge on any atom is -0.435 e. The molecule has 36 heavy (non-hydrogen) atoms. The molecule has 208 valence electrons. The van der Waals surface area contributed by atoms with E-state index in [4.69, 9.17) is 13.8 Å². The number of phosphoric acid groups is 1. The Hall–Kier alpha value is -1.50. The number of ether oxygens (including phenoxy) is 1. The highest BCUT2D eigenvalue weighted by Gasteiger charge is 2.21. The number of esters is 1. The summed E-state index contributed by atoms with van der Waals surface area (Å²) >= 11 is 0. The van der Waals surface area contributed by atoms with Gasteiger partial charge in [-0.25, -0.2) is 4.57 Å². The van der Waals surface area contributed by atoms with Gasteiger partial charge >= 0.3 is 13.8 Å². The van der Waals surface area contributed by atoms with Crippen LogP contribution in [0.2, 0.25) is 0 Å². The number of carbonyl (C=O) groups is 1. The molecular formula is C28H51NO6P+. The number of rotatable bonds is 23. The van der Waals surface area contributed by atoms with Gasteiger partial charge in [-0.05, 0) is 51.0 Å². The fraction of sp³-hybridized carbons (Fsp3) is 0.679. The summed E-state index contributed by atoms with van der Waals surface area (Å²) in [6, 6.07) is 0. The molecule has 0 fully saturated rings. The van der Waals surface area contributed by atoms with Crippen molar-refractivity contribution in [2.45, 2.75) is 84.0 Å². The number of quaternary nitrogens is 1. The molecule has 0 aromatic carbocycles. The van der Waals surface area contributed by atoms with Crippen LogP contribution in [0.3, 0.4) is 0 Å². The third kappa shape index (κ3) is 27.1. The first-order valence-corrected chi connectivity index (χ1v) is 14.9. The number of carbonyl (C=O) groups excluding carboxylic acids is 1. The second-order valence-electron chi connectivity index (χ2n) is 9.81. The Labute approximate surface area is 220 Å². The maximum Gasteiger partial charge on any atom is 0.472 e. The summed E-state index contributed by atoms with van der Waals surface area (Å²) in [4.78, 5) is 21.3. The lowest BCUT2D eigenvalue weighted by atomic mass is 10.1. The lowest BCUT2D eigenvalue weighted by molar-refractivity contribution is -0.870. The molecule has 0 saturated carbocycles. The van der Waals surface area contributed by atoms with Crippen molar-refractivity contribution in [2.24, 2.45) is 0 Å². The standard InChI is InChI=1S/C28H50NO6P/c1-5-6-7-8-9-10-11-12-13-14-15-16-17-18-19-20-21-23-28(30)33-25-22-26-34-36(31,32)35-27-24-29(2,3)4/h9-10,12-13,15-16,22,25H,5-8,11,14,17-21,23-24,26-27H2,1-4H3/p+1/b10-9+,13-12+,16-15+,25-22+. The highest BCUT2D eigenvalue weighted by atomic mass is 31.2. The van der Waals surface area contributed by atoms with Crippen LogP contribution in [0.4, 0.5) is 0 Å². The first kappa shape index (κ1) is 34.5. The summed E-state index contributed by atoms with van der Waals surface area (Å²) in [6.45, 7) is 2.74.